The predicted molar refractivity (Wildman–Crippen MR) is 128 cm³/mol. The maximum atomic E-state index is 12.7. The van der Waals surface area contributed by atoms with Gasteiger partial charge in [-0.05, 0) is 25.0 Å². The molecule has 0 spiro atoms. The van der Waals surface area contributed by atoms with E-state index in [9.17, 15) is 19.2 Å². The van der Waals surface area contributed by atoms with Crippen LogP contribution in [0.4, 0.5) is 5.82 Å². The predicted octanol–water partition coefficient (Wildman–Crippen LogP) is 2.64. The molecule has 0 saturated heterocycles. The molecule has 3 rings (SSSR count). The molecular weight excluding hydrogens is 464 g/mol. The molecule has 0 unspecified atom stereocenters. The number of hydrogen-bond donors (Lipinski definition) is 1. The van der Waals surface area contributed by atoms with Gasteiger partial charge in [-0.2, -0.15) is 0 Å². The van der Waals surface area contributed by atoms with Crippen molar-refractivity contribution in [2.75, 3.05) is 12.3 Å². The van der Waals surface area contributed by atoms with E-state index < -0.39 is 29.6 Å². The number of anilines is 1. The summed E-state index contributed by atoms with van der Waals surface area (Å²) < 4.78 is 8.10. The van der Waals surface area contributed by atoms with Crippen LogP contribution < -0.4 is 17.0 Å². The average Bonchev–Trinajstić information content (AvgIpc) is 3.23. The number of esters is 1. The lowest BCUT2D eigenvalue weighted by molar-refractivity contribution is 0.0473. The number of ketones is 1. The molecule has 0 bridgehead atoms. The van der Waals surface area contributed by atoms with Crippen LogP contribution in [0.5, 0.6) is 0 Å². The van der Waals surface area contributed by atoms with Crippen LogP contribution in [-0.4, -0.2) is 32.5 Å². The van der Waals surface area contributed by atoms with Crippen LogP contribution in [0.15, 0.2) is 43.6 Å². The van der Waals surface area contributed by atoms with Gasteiger partial charge < -0.3 is 10.5 Å². The molecule has 0 saturated carbocycles. The van der Waals surface area contributed by atoms with E-state index in [0.29, 0.717) is 17.7 Å². The van der Waals surface area contributed by atoms with E-state index in [1.165, 1.54) is 34.7 Å². The Hall–Kier alpha value is -3.18. The highest BCUT2D eigenvalue weighted by Crippen LogP contribution is 2.27. The number of thioether (sulfide) groups is 1. The molecule has 0 atom stereocenters. The Kier molecular flexibility index (Phi) is 7.88. The van der Waals surface area contributed by atoms with Gasteiger partial charge in [-0.25, -0.2) is 14.6 Å². The number of aryl methyl sites for hydroxylation is 1. The number of rotatable bonds is 9. The summed E-state index contributed by atoms with van der Waals surface area (Å²) in [5.74, 6) is -1.17. The number of aromatic nitrogens is 3. The van der Waals surface area contributed by atoms with E-state index in [1.54, 1.807) is 18.2 Å². The summed E-state index contributed by atoms with van der Waals surface area (Å²) in [6.07, 6.45) is 0.584. The molecule has 0 aliphatic heterocycles. The molecule has 2 N–H and O–H groups in total. The first kappa shape index (κ1) is 24.5. The molecule has 33 heavy (non-hydrogen) atoms. The molecule has 174 valence electrons. The number of ether oxygens (including phenoxy) is 1. The SMILES string of the molecule is CCCn1c(N)c(C(=O)COC(=O)c2ccccc2CSc2nc(C)cs2)c(=O)n(C)c1=O. The second kappa shape index (κ2) is 10.6. The largest absolute Gasteiger partial charge is 0.454 e. The summed E-state index contributed by atoms with van der Waals surface area (Å²) in [6, 6.07) is 6.94. The summed E-state index contributed by atoms with van der Waals surface area (Å²) in [5.41, 5.74) is 6.17. The lowest BCUT2D eigenvalue weighted by atomic mass is 10.1. The van der Waals surface area contributed by atoms with Gasteiger partial charge in [0.2, 0.25) is 5.78 Å². The first-order valence-corrected chi connectivity index (χ1v) is 12.0. The Bertz CT molecular complexity index is 1310. The summed E-state index contributed by atoms with van der Waals surface area (Å²) >= 11 is 3.03. The van der Waals surface area contributed by atoms with Crippen molar-refractivity contribution in [2.24, 2.45) is 7.05 Å². The van der Waals surface area contributed by atoms with Crippen LogP contribution in [0.25, 0.3) is 0 Å². The minimum atomic E-state index is -0.818. The van der Waals surface area contributed by atoms with Crippen molar-refractivity contribution in [3.05, 3.63) is 72.9 Å². The van der Waals surface area contributed by atoms with Crippen LogP contribution in [-0.2, 0) is 24.1 Å². The van der Waals surface area contributed by atoms with E-state index in [1.807, 2.05) is 25.3 Å². The topological polar surface area (TPSA) is 126 Å². The second-order valence-electron chi connectivity index (χ2n) is 7.26. The van der Waals surface area contributed by atoms with Gasteiger partial charge in [-0.3, -0.25) is 18.7 Å². The molecule has 1 aromatic carbocycles. The zero-order chi connectivity index (χ0) is 24.1. The lowest BCUT2D eigenvalue weighted by Gasteiger charge is -2.14. The number of thiazole rings is 1. The van der Waals surface area contributed by atoms with Crippen molar-refractivity contribution in [1.29, 1.82) is 0 Å². The lowest BCUT2D eigenvalue weighted by Crippen LogP contribution is -2.43. The number of Topliss-reactive ketones (excluding diaryl/α,β-unsaturated/α-hetero) is 1. The number of hydrogen-bond acceptors (Lipinski definition) is 9. The van der Waals surface area contributed by atoms with Crippen molar-refractivity contribution in [1.82, 2.24) is 14.1 Å². The van der Waals surface area contributed by atoms with Crippen LogP contribution >= 0.6 is 23.1 Å². The van der Waals surface area contributed by atoms with Crippen molar-refractivity contribution in [3.63, 3.8) is 0 Å². The maximum Gasteiger partial charge on any atom is 0.338 e. The third-order valence-corrected chi connectivity index (χ3v) is 7.02. The highest BCUT2D eigenvalue weighted by atomic mass is 32.2. The second-order valence-corrected chi connectivity index (χ2v) is 9.34. The van der Waals surface area contributed by atoms with Crippen molar-refractivity contribution < 1.29 is 14.3 Å². The number of nitrogen functional groups attached to an aromatic ring is 1. The van der Waals surface area contributed by atoms with E-state index in [4.69, 9.17) is 10.5 Å². The number of carbonyl (C=O) groups excluding carboxylic acids is 2. The van der Waals surface area contributed by atoms with Crippen molar-refractivity contribution >= 4 is 40.7 Å². The van der Waals surface area contributed by atoms with E-state index in [-0.39, 0.29) is 17.9 Å². The number of nitrogens with two attached hydrogens (primary N) is 1. The minimum absolute atomic E-state index is 0.221. The van der Waals surface area contributed by atoms with Gasteiger partial charge in [0, 0.05) is 30.4 Å². The molecule has 11 heteroatoms. The number of carbonyl (C=O) groups is 2. The minimum Gasteiger partial charge on any atom is -0.454 e. The highest BCUT2D eigenvalue weighted by Gasteiger charge is 2.23. The molecular formula is C22H24N4O5S2. The molecule has 0 aliphatic carbocycles. The van der Waals surface area contributed by atoms with Crippen molar-refractivity contribution in [2.45, 2.75) is 36.9 Å². The summed E-state index contributed by atoms with van der Waals surface area (Å²) in [5, 5.41) is 1.95. The fourth-order valence-corrected chi connectivity index (χ4v) is 5.00. The molecule has 2 aromatic heterocycles. The van der Waals surface area contributed by atoms with Gasteiger partial charge >= 0.3 is 11.7 Å². The molecule has 0 fully saturated rings. The number of benzene rings is 1. The molecule has 0 aliphatic rings. The quantitative estimate of drug-likeness (QED) is 0.277. The third-order valence-electron chi connectivity index (χ3n) is 4.83. The maximum absolute atomic E-state index is 12.7. The smallest absolute Gasteiger partial charge is 0.338 e. The highest BCUT2D eigenvalue weighted by molar-refractivity contribution is 8.00. The Morgan fingerprint density at radius 1 is 1.24 bits per heavy atom. The Morgan fingerprint density at radius 2 is 1.97 bits per heavy atom. The van der Waals surface area contributed by atoms with E-state index in [2.05, 4.69) is 4.98 Å². The summed E-state index contributed by atoms with van der Waals surface area (Å²) in [6.45, 7) is 3.33. The fraction of sp³-hybridized carbons (Fsp3) is 0.318. The molecule has 0 radical (unpaired) electrons. The van der Waals surface area contributed by atoms with E-state index >= 15 is 0 Å². The van der Waals surface area contributed by atoms with Gasteiger partial charge in [-0.15, -0.1) is 11.3 Å². The van der Waals surface area contributed by atoms with Gasteiger partial charge in [0.05, 0.1) is 5.56 Å². The zero-order valence-corrected chi connectivity index (χ0v) is 20.1. The standard InChI is InChI=1S/C22H24N4O5S2/c1-4-9-26-18(23)17(19(28)25(3)22(26)30)16(27)10-31-20(29)15-8-6-5-7-14(15)12-33-21-24-13(2)11-32-21/h5-8,11H,4,9-10,12,23H2,1-3H3. The van der Waals surface area contributed by atoms with Crippen LogP contribution in [0.1, 0.15) is 45.3 Å². The first-order chi connectivity index (χ1) is 15.7. The number of nitrogens with zero attached hydrogens (tertiary/aromatic N) is 3. The van der Waals surface area contributed by atoms with Crippen LogP contribution in [0.3, 0.4) is 0 Å². The first-order valence-electron chi connectivity index (χ1n) is 10.2. The Morgan fingerprint density at radius 3 is 2.64 bits per heavy atom. The molecule has 3 aromatic rings. The molecule has 2 heterocycles. The van der Waals surface area contributed by atoms with Gasteiger partial charge in [0.15, 0.2) is 6.61 Å². The van der Waals surface area contributed by atoms with Gasteiger partial charge in [-0.1, -0.05) is 36.9 Å². The third kappa shape index (κ3) is 5.42. The molecule has 0 amide bonds. The van der Waals surface area contributed by atoms with Crippen molar-refractivity contribution in [3.8, 4) is 0 Å². The van der Waals surface area contributed by atoms with Gasteiger partial charge in [0.1, 0.15) is 15.7 Å². The van der Waals surface area contributed by atoms with Gasteiger partial charge in [0.25, 0.3) is 5.56 Å². The average molecular weight is 489 g/mol. The Balaban J connectivity index is 1.76. The zero-order valence-electron chi connectivity index (χ0n) is 18.5. The van der Waals surface area contributed by atoms with Crippen LogP contribution in [0.2, 0.25) is 0 Å². The summed E-state index contributed by atoms with van der Waals surface area (Å²) in [7, 11) is 1.27. The fourth-order valence-electron chi connectivity index (χ4n) is 3.15. The van der Waals surface area contributed by atoms with E-state index in [0.717, 1.165) is 20.2 Å². The molecule has 9 nitrogen and oxygen atoms in total. The monoisotopic (exact) mass is 488 g/mol. The Labute approximate surface area is 198 Å². The van der Waals surface area contributed by atoms with Crippen LogP contribution in [0, 0.1) is 6.92 Å². The normalized spacial score (nSPS) is 10.9. The summed E-state index contributed by atoms with van der Waals surface area (Å²) in [4.78, 5) is 54.6.